The monoisotopic (exact) mass is 314 g/mol. The van der Waals surface area contributed by atoms with Crippen molar-refractivity contribution in [2.45, 2.75) is 38.6 Å². The van der Waals surface area contributed by atoms with Gasteiger partial charge in [-0.25, -0.2) is 0 Å². The predicted molar refractivity (Wildman–Crippen MR) is 73.7 cm³/mol. The van der Waals surface area contributed by atoms with E-state index in [9.17, 15) is 4.79 Å². The highest BCUT2D eigenvalue weighted by Gasteiger charge is 2.22. The van der Waals surface area contributed by atoms with Crippen LogP contribution in [0.4, 0.5) is 0 Å². The number of aromatic nitrogens is 2. The van der Waals surface area contributed by atoms with Crippen LogP contribution in [-0.2, 0) is 0 Å². The molecule has 5 nitrogen and oxygen atoms in total. The summed E-state index contributed by atoms with van der Waals surface area (Å²) in [4.78, 5) is 12.1. The second kappa shape index (κ2) is 5.84. The van der Waals surface area contributed by atoms with Crippen LogP contribution < -0.4 is 10.6 Å². The normalized spacial score (nSPS) is 17.1. The summed E-state index contributed by atoms with van der Waals surface area (Å²) in [6, 6.07) is 0.254. The Morgan fingerprint density at radius 2 is 2.11 bits per heavy atom. The van der Waals surface area contributed by atoms with E-state index in [0.717, 1.165) is 36.1 Å². The molecule has 1 amide bonds. The van der Waals surface area contributed by atoms with Gasteiger partial charge in [-0.1, -0.05) is 13.8 Å². The van der Waals surface area contributed by atoms with Crippen LogP contribution in [-0.4, -0.2) is 35.2 Å². The third-order valence-electron chi connectivity index (χ3n) is 3.20. The predicted octanol–water partition coefficient (Wildman–Crippen LogP) is 1.78. The van der Waals surface area contributed by atoms with Gasteiger partial charge in [0.1, 0.15) is 0 Å². The standard InChI is InChI=1S/C12H19BrN4O/c1-7(2)10-9(13)11(17-16-10)12(18)15-8-3-5-14-6-4-8/h7-8,14H,3-6H2,1-2H3,(H,15,18)(H,16,17). The van der Waals surface area contributed by atoms with Gasteiger partial charge in [-0.2, -0.15) is 5.10 Å². The maximum Gasteiger partial charge on any atom is 0.273 e. The van der Waals surface area contributed by atoms with E-state index in [2.05, 4.69) is 50.6 Å². The molecule has 1 aliphatic heterocycles. The van der Waals surface area contributed by atoms with Crippen molar-refractivity contribution in [3.63, 3.8) is 0 Å². The zero-order valence-corrected chi connectivity index (χ0v) is 12.3. The quantitative estimate of drug-likeness (QED) is 0.796. The summed E-state index contributed by atoms with van der Waals surface area (Å²) in [5.41, 5.74) is 1.42. The molecular formula is C12H19BrN4O. The van der Waals surface area contributed by atoms with Crippen molar-refractivity contribution in [3.05, 3.63) is 15.9 Å². The minimum Gasteiger partial charge on any atom is -0.348 e. The molecule has 0 radical (unpaired) electrons. The number of hydrogen-bond acceptors (Lipinski definition) is 3. The molecule has 1 aromatic heterocycles. The van der Waals surface area contributed by atoms with Gasteiger partial charge in [-0.05, 0) is 47.8 Å². The number of nitrogens with zero attached hydrogens (tertiary/aromatic N) is 1. The number of amides is 1. The number of piperidine rings is 1. The molecule has 1 aliphatic rings. The summed E-state index contributed by atoms with van der Waals surface area (Å²) in [6.07, 6.45) is 1.95. The molecule has 0 spiro atoms. The van der Waals surface area contributed by atoms with E-state index in [-0.39, 0.29) is 11.9 Å². The Morgan fingerprint density at radius 1 is 1.44 bits per heavy atom. The highest BCUT2D eigenvalue weighted by molar-refractivity contribution is 9.10. The molecule has 1 saturated heterocycles. The van der Waals surface area contributed by atoms with Crippen molar-refractivity contribution in [3.8, 4) is 0 Å². The molecule has 18 heavy (non-hydrogen) atoms. The van der Waals surface area contributed by atoms with Crippen LogP contribution in [0.5, 0.6) is 0 Å². The van der Waals surface area contributed by atoms with Crippen LogP contribution in [0, 0.1) is 0 Å². The van der Waals surface area contributed by atoms with Crippen molar-refractivity contribution in [1.29, 1.82) is 0 Å². The largest absolute Gasteiger partial charge is 0.348 e. The highest BCUT2D eigenvalue weighted by Crippen LogP contribution is 2.25. The fourth-order valence-electron chi connectivity index (χ4n) is 2.09. The number of carbonyl (C=O) groups excluding carboxylic acids is 1. The van der Waals surface area contributed by atoms with E-state index in [1.165, 1.54) is 0 Å². The minimum atomic E-state index is -0.100. The van der Waals surface area contributed by atoms with Gasteiger partial charge in [0.2, 0.25) is 0 Å². The maximum absolute atomic E-state index is 12.1. The molecular weight excluding hydrogens is 296 g/mol. The smallest absolute Gasteiger partial charge is 0.273 e. The first kappa shape index (κ1) is 13.5. The van der Waals surface area contributed by atoms with Crippen LogP contribution in [0.2, 0.25) is 0 Å². The Bertz CT molecular complexity index is 424. The van der Waals surface area contributed by atoms with E-state index in [4.69, 9.17) is 0 Å². The lowest BCUT2D eigenvalue weighted by Crippen LogP contribution is -2.42. The molecule has 2 rings (SSSR count). The average molecular weight is 315 g/mol. The van der Waals surface area contributed by atoms with Gasteiger partial charge in [0.05, 0.1) is 10.2 Å². The van der Waals surface area contributed by atoms with Crippen molar-refractivity contribution >= 4 is 21.8 Å². The summed E-state index contributed by atoms with van der Waals surface area (Å²) in [7, 11) is 0. The molecule has 6 heteroatoms. The van der Waals surface area contributed by atoms with Gasteiger partial charge in [0.25, 0.3) is 5.91 Å². The average Bonchev–Trinajstić information content (AvgIpc) is 2.72. The van der Waals surface area contributed by atoms with Gasteiger partial charge in [0, 0.05) is 6.04 Å². The summed E-state index contributed by atoms with van der Waals surface area (Å²) in [6.45, 7) is 6.05. The van der Waals surface area contributed by atoms with Crippen LogP contribution >= 0.6 is 15.9 Å². The summed E-state index contributed by atoms with van der Waals surface area (Å²) in [5.74, 6) is 0.212. The lowest BCUT2D eigenvalue weighted by atomic mass is 10.1. The number of nitrogens with one attached hydrogen (secondary N) is 3. The van der Waals surface area contributed by atoms with E-state index in [1.54, 1.807) is 0 Å². The Labute approximate surface area is 115 Å². The second-order valence-electron chi connectivity index (χ2n) is 4.95. The second-order valence-corrected chi connectivity index (χ2v) is 5.75. The first-order valence-electron chi connectivity index (χ1n) is 6.35. The van der Waals surface area contributed by atoms with Crippen LogP contribution in [0.25, 0.3) is 0 Å². The Hall–Kier alpha value is -0.880. The van der Waals surface area contributed by atoms with E-state index in [1.807, 2.05) is 0 Å². The molecule has 1 aromatic rings. The molecule has 3 N–H and O–H groups in total. The van der Waals surface area contributed by atoms with Crippen molar-refractivity contribution in [1.82, 2.24) is 20.8 Å². The molecule has 0 saturated carbocycles. The lowest BCUT2D eigenvalue weighted by molar-refractivity contribution is 0.0923. The number of hydrogen-bond donors (Lipinski definition) is 3. The Morgan fingerprint density at radius 3 is 2.67 bits per heavy atom. The van der Waals surface area contributed by atoms with Crippen LogP contribution in [0.15, 0.2) is 4.47 Å². The zero-order valence-electron chi connectivity index (χ0n) is 10.7. The minimum absolute atomic E-state index is 0.100. The third kappa shape index (κ3) is 2.92. The number of aromatic amines is 1. The fraction of sp³-hybridized carbons (Fsp3) is 0.667. The fourth-order valence-corrected chi connectivity index (χ4v) is 2.91. The van der Waals surface area contributed by atoms with Gasteiger partial charge in [0.15, 0.2) is 5.69 Å². The summed E-state index contributed by atoms with van der Waals surface area (Å²) >= 11 is 3.45. The van der Waals surface area contributed by atoms with Crippen molar-refractivity contribution in [2.75, 3.05) is 13.1 Å². The van der Waals surface area contributed by atoms with Crippen molar-refractivity contribution in [2.24, 2.45) is 0 Å². The maximum atomic E-state index is 12.1. The number of H-pyrrole nitrogens is 1. The van der Waals surface area contributed by atoms with Gasteiger partial charge in [-0.15, -0.1) is 0 Å². The first-order valence-corrected chi connectivity index (χ1v) is 7.14. The zero-order chi connectivity index (χ0) is 13.1. The molecule has 0 aliphatic carbocycles. The topological polar surface area (TPSA) is 69.8 Å². The van der Waals surface area contributed by atoms with Gasteiger partial charge >= 0.3 is 0 Å². The number of rotatable bonds is 3. The SMILES string of the molecule is CC(C)c1[nH]nc(C(=O)NC2CCNCC2)c1Br. The van der Waals surface area contributed by atoms with E-state index < -0.39 is 0 Å². The number of halogens is 1. The van der Waals surface area contributed by atoms with E-state index >= 15 is 0 Å². The molecule has 1 fully saturated rings. The molecule has 0 atom stereocenters. The summed E-state index contributed by atoms with van der Waals surface area (Å²) < 4.78 is 0.781. The summed E-state index contributed by atoms with van der Waals surface area (Å²) in [5, 5.41) is 13.3. The van der Waals surface area contributed by atoms with Gasteiger partial charge < -0.3 is 10.6 Å². The van der Waals surface area contributed by atoms with Crippen LogP contribution in [0.3, 0.4) is 0 Å². The Balaban J connectivity index is 2.04. The number of carbonyl (C=O) groups is 1. The molecule has 0 aromatic carbocycles. The van der Waals surface area contributed by atoms with Crippen LogP contribution in [0.1, 0.15) is 48.8 Å². The Kier molecular flexibility index (Phi) is 4.40. The lowest BCUT2D eigenvalue weighted by Gasteiger charge is -2.23. The van der Waals surface area contributed by atoms with Gasteiger partial charge in [-0.3, -0.25) is 9.89 Å². The van der Waals surface area contributed by atoms with Crippen molar-refractivity contribution < 1.29 is 4.79 Å². The highest BCUT2D eigenvalue weighted by atomic mass is 79.9. The molecule has 0 bridgehead atoms. The first-order chi connectivity index (χ1) is 8.59. The van der Waals surface area contributed by atoms with E-state index in [0.29, 0.717) is 11.6 Å². The molecule has 100 valence electrons. The molecule has 0 unspecified atom stereocenters. The third-order valence-corrected chi connectivity index (χ3v) is 4.00. The molecule has 2 heterocycles.